The zero-order chi connectivity index (χ0) is 14.9. The Labute approximate surface area is 126 Å². The summed E-state index contributed by atoms with van der Waals surface area (Å²) in [5.74, 6) is 5.57. The van der Waals surface area contributed by atoms with E-state index >= 15 is 0 Å². The third kappa shape index (κ3) is 4.87. The number of rotatable bonds is 2. The summed E-state index contributed by atoms with van der Waals surface area (Å²) < 4.78 is 0. The third-order valence-corrected chi connectivity index (χ3v) is 3.79. The van der Waals surface area contributed by atoms with Gasteiger partial charge in [-0.05, 0) is 25.0 Å². The lowest BCUT2D eigenvalue weighted by Crippen LogP contribution is -2.36. The molecule has 0 radical (unpaired) electrons. The Morgan fingerprint density at radius 2 is 2.00 bits per heavy atom. The Morgan fingerprint density at radius 1 is 1.29 bits per heavy atom. The van der Waals surface area contributed by atoms with Crippen LogP contribution in [0.5, 0.6) is 0 Å². The average molecular weight is 285 g/mol. The van der Waals surface area contributed by atoms with E-state index in [1.807, 2.05) is 6.07 Å². The summed E-state index contributed by atoms with van der Waals surface area (Å²) in [6.45, 7) is 0.276. The van der Waals surface area contributed by atoms with Gasteiger partial charge in [-0.2, -0.15) is 0 Å². The van der Waals surface area contributed by atoms with Crippen molar-refractivity contribution >= 4 is 5.91 Å². The summed E-state index contributed by atoms with van der Waals surface area (Å²) in [4.78, 5) is 16.6. The molecule has 2 rings (SSSR count). The molecular weight excluding hydrogens is 262 g/mol. The van der Waals surface area contributed by atoms with Crippen molar-refractivity contribution in [2.75, 3.05) is 6.54 Å². The van der Waals surface area contributed by atoms with Crippen LogP contribution in [0.25, 0.3) is 0 Å². The molecule has 0 aromatic carbocycles. The van der Waals surface area contributed by atoms with E-state index in [1.165, 1.54) is 32.1 Å². The summed E-state index contributed by atoms with van der Waals surface area (Å²) in [5, 5.41) is 3.12. The van der Waals surface area contributed by atoms with E-state index in [0.29, 0.717) is 11.3 Å². The predicted octanol–water partition coefficient (Wildman–Crippen LogP) is 2.23. The molecule has 1 aliphatic rings. The van der Waals surface area contributed by atoms with Gasteiger partial charge >= 0.3 is 0 Å². The van der Waals surface area contributed by atoms with Crippen molar-refractivity contribution in [3.05, 3.63) is 29.6 Å². The standard InChI is InChI=1S/C17H23N3O/c18-12-6-8-14-9-7-13-19-16(14)17(21)20-15-10-4-2-1-3-5-11-15/h7,9,13,15H,1-5,10-12,18H2,(H,20,21). The maximum atomic E-state index is 12.4. The van der Waals surface area contributed by atoms with Gasteiger partial charge in [0.05, 0.1) is 12.1 Å². The fourth-order valence-electron chi connectivity index (χ4n) is 2.69. The molecular formula is C17H23N3O. The van der Waals surface area contributed by atoms with Gasteiger partial charge in [-0.25, -0.2) is 4.98 Å². The van der Waals surface area contributed by atoms with Gasteiger partial charge < -0.3 is 11.1 Å². The molecule has 1 aromatic heterocycles. The van der Waals surface area contributed by atoms with Crippen molar-refractivity contribution in [1.82, 2.24) is 10.3 Å². The van der Waals surface area contributed by atoms with Crippen LogP contribution in [0.15, 0.2) is 18.3 Å². The van der Waals surface area contributed by atoms with Crippen molar-refractivity contribution < 1.29 is 4.79 Å². The minimum atomic E-state index is -0.123. The molecule has 0 atom stereocenters. The normalized spacial score (nSPS) is 16.2. The van der Waals surface area contributed by atoms with E-state index in [-0.39, 0.29) is 18.5 Å². The van der Waals surface area contributed by atoms with Crippen LogP contribution >= 0.6 is 0 Å². The van der Waals surface area contributed by atoms with Gasteiger partial charge in [0.2, 0.25) is 0 Å². The van der Waals surface area contributed by atoms with Gasteiger partial charge in [-0.15, -0.1) is 0 Å². The lowest BCUT2D eigenvalue weighted by atomic mass is 9.96. The van der Waals surface area contributed by atoms with Crippen LogP contribution in [-0.2, 0) is 0 Å². The maximum absolute atomic E-state index is 12.4. The van der Waals surface area contributed by atoms with Gasteiger partial charge in [0.25, 0.3) is 5.91 Å². The van der Waals surface area contributed by atoms with E-state index in [1.54, 1.807) is 12.3 Å². The van der Waals surface area contributed by atoms with E-state index in [2.05, 4.69) is 22.1 Å². The summed E-state index contributed by atoms with van der Waals surface area (Å²) in [7, 11) is 0. The highest BCUT2D eigenvalue weighted by molar-refractivity contribution is 5.94. The molecule has 4 heteroatoms. The van der Waals surface area contributed by atoms with Crippen LogP contribution in [0.2, 0.25) is 0 Å². The van der Waals surface area contributed by atoms with Crippen molar-refractivity contribution in [2.45, 2.75) is 51.0 Å². The van der Waals surface area contributed by atoms with Gasteiger partial charge in [0.1, 0.15) is 5.69 Å². The second kappa shape index (κ2) is 8.43. The van der Waals surface area contributed by atoms with Gasteiger partial charge in [0, 0.05) is 12.2 Å². The number of hydrogen-bond donors (Lipinski definition) is 2. The zero-order valence-corrected chi connectivity index (χ0v) is 12.4. The Balaban J connectivity index is 2.05. The number of hydrogen-bond acceptors (Lipinski definition) is 3. The first-order valence-corrected chi connectivity index (χ1v) is 7.76. The van der Waals surface area contributed by atoms with Crippen molar-refractivity contribution in [3.8, 4) is 11.8 Å². The predicted molar refractivity (Wildman–Crippen MR) is 83.7 cm³/mol. The first-order valence-electron chi connectivity index (χ1n) is 7.76. The first-order chi connectivity index (χ1) is 10.3. The van der Waals surface area contributed by atoms with E-state index < -0.39 is 0 Å². The van der Waals surface area contributed by atoms with E-state index in [9.17, 15) is 4.79 Å². The van der Waals surface area contributed by atoms with Crippen LogP contribution in [0, 0.1) is 11.8 Å². The maximum Gasteiger partial charge on any atom is 0.271 e. The zero-order valence-electron chi connectivity index (χ0n) is 12.4. The lowest BCUT2D eigenvalue weighted by molar-refractivity contribution is 0.0925. The molecule has 0 spiro atoms. The minimum Gasteiger partial charge on any atom is -0.348 e. The van der Waals surface area contributed by atoms with Crippen molar-refractivity contribution in [1.29, 1.82) is 0 Å². The fraction of sp³-hybridized carbons (Fsp3) is 0.529. The topological polar surface area (TPSA) is 68.0 Å². The third-order valence-electron chi connectivity index (χ3n) is 3.79. The summed E-state index contributed by atoms with van der Waals surface area (Å²) in [6.07, 6.45) is 9.97. The molecule has 4 nitrogen and oxygen atoms in total. The molecule has 21 heavy (non-hydrogen) atoms. The van der Waals surface area contributed by atoms with Gasteiger partial charge in [-0.3, -0.25) is 4.79 Å². The fourth-order valence-corrected chi connectivity index (χ4v) is 2.69. The largest absolute Gasteiger partial charge is 0.348 e. The molecule has 1 fully saturated rings. The van der Waals surface area contributed by atoms with Crippen LogP contribution in [0.3, 0.4) is 0 Å². The molecule has 1 aliphatic carbocycles. The molecule has 0 saturated heterocycles. The van der Waals surface area contributed by atoms with Gasteiger partial charge in [0.15, 0.2) is 0 Å². The Morgan fingerprint density at radius 3 is 2.71 bits per heavy atom. The summed E-state index contributed by atoms with van der Waals surface area (Å²) in [6, 6.07) is 3.85. The van der Waals surface area contributed by atoms with Crippen LogP contribution in [0.1, 0.15) is 61.0 Å². The molecule has 0 unspecified atom stereocenters. The molecule has 1 aromatic rings. The number of aromatic nitrogens is 1. The Bertz CT molecular complexity index is 522. The first kappa shape index (κ1) is 15.5. The van der Waals surface area contributed by atoms with E-state index in [0.717, 1.165) is 12.8 Å². The molecule has 1 amide bonds. The highest BCUT2D eigenvalue weighted by Crippen LogP contribution is 2.17. The van der Waals surface area contributed by atoms with Crippen molar-refractivity contribution in [2.24, 2.45) is 5.73 Å². The molecule has 0 bridgehead atoms. The number of carbonyl (C=O) groups excluding carboxylic acids is 1. The number of amides is 1. The molecule has 3 N–H and O–H groups in total. The highest BCUT2D eigenvalue weighted by atomic mass is 16.1. The number of nitrogens with one attached hydrogen (secondary N) is 1. The molecule has 0 aliphatic heterocycles. The van der Waals surface area contributed by atoms with E-state index in [4.69, 9.17) is 5.73 Å². The van der Waals surface area contributed by atoms with Crippen LogP contribution in [-0.4, -0.2) is 23.5 Å². The number of nitrogens with two attached hydrogens (primary N) is 1. The lowest BCUT2D eigenvalue weighted by Gasteiger charge is -2.21. The minimum absolute atomic E-state index is 0.123. The molecule has 1 heterocycles. The molecule has 112 valence electrons. The molecule has 1 saturated carbocycles. The number of pyridine rings is 1. The second-order valence-corrected chi connectivity index (χ2v) is 5.42. The average Bonchev–Trinajstić information content (AvgIpc) is 2.48. The summed E-state index contributed by atoms with van der Waals surface area (Å²) >= 11 is 0. The van der Waals surface area contributed by atoms with Crippen LogP contribution in [0.4, 0.5) is 0 Å². The highest BCUT2D eigenvalue weighted by Gasteiger charge is 2.17. The Kier molecular flexibility index (Phi) is 6.23. The monoisotopic (exact) mass is 285 g/mol. The van der Waals surface area contributed by atoms with Crippen molar-refractivity contribution in [3.63, 3.8) is 0 Å². The second-order valence-electron chi connectivity index (χ2n) is 5.42. The van der Waals surface area contributed by atoms with Crippen LogP contribution < -0.4 is 11.1 Å². The number of carbonyl (C=O) groups is 1. The Hall–Kier alpha value is -1.86. The quantitative estimate of drug-likeness (QED) is 0.819. The van der Waals surface area contributed by atoms with Gasteiger partial charge in [-0.1, -0.05) is 43.9 Å². The smallest absolute Gasteiger partial charge is 0.271 e. The number of nitrogens with zero attached hydrogens (tertiary/aromatic N) is 1. The SMILES string of the molecule is NCC#Cc1cccnc1C(=O)NC1CCCCCCC1. The summed E-state index contributed by atoms with van der Waals surface area (Å²) in [5.41, 5.74) is 6.44.